The van der Waals surface area contributed by atoms with Gasteiger partial charge in [-0.2, -0.15) is 4.99 Å². The molecule has 0 radical (unpaired) electrons. The van der Waals surface area contributed by atoms with Gasteiger partial charge in [0.2, 0.25) is 0 Å². The van der Waals surface area contributed by atoms with Gasteiger partial charge in [-0.1, -0.05) is 0 Å². The number of imidazole rings is 1. The Hall–Kier alpha value is -1.24. The van der Waals surface area contributed by atoms with Gasteiger partial charge in [0.1, 0.15) is 5.75 Å². The van der Waals surface area contributed by atoms with Crippen LogP contribution in [-0.4, -0.2) is 21.8 Å². The number of thiocarbonyl (C=S) groups is 1. The number of isothiocyanates is 1. The zero-order valence-electron chi connectivity index (χ0n) is 9.95. The Morgan fingerprint density at radius 2 is 2.22 bits per heavy atom. The van der Waals surface area contributed by atoms with Crippen molar-refractivity contribution in [1.29, 1.82) is 0 Å². The van der Waals surface area contributed by atoms with E-state index in [-0.39, 0.29) is 24.0 Å². The summed E-state index contributed by atoms with van der Waals surface area (Å²) in [4.78, 5) is 8.10. The average Bonchev–Trinajstić information content (AvgIpc) is 2.76. The van der Waals surface area contributed by atoms with Gasteiger partial charge in [-0.3, -0.25) is 0 Å². The molecule has 2 rings (SSSR count). The summed E-state index contributed by atoms with van der Waals surface area (Å²) in [7, 11) is 1.62. The molecule has 2 aromatic rings. The molecule has 0 fully saturated rings. The van der Waals surface area contributed by atoms with E-state index < -0.39 is 0 Å². The van der Waals surface area contributed by atoms with E-state index in [4.69, 9.17) is 4.74 Å². The van der Waals surface area contributed by atoms with Crippen molar-refractivity contribution in [1.82, 2.24) is 9.55 Å². The summed E-state index contributed by atoms with van der Waals surface area (Å²) in [6.45, 7) is 1.94. The van der Waals surface area contributed by atoms with Crippen molar-refractivity contribution in [2.75, 3.05) is 7.11 Å². The molecule has 1 heterocycles. The fourth-order valence-electron chi connectivity index (χ4n) is 1.55. The van der Waals surface area contributed by atoms with Crippen molar-refractivity contribution in [2.24, 2.45) is 4.99 Å². The molecular weight excluding hydrogens is 361 g/mol. The highest BCUT2D eigenvalue weighted by Crippen LogP contribution is 2.27. The van der Waals surface area contributed by atoms with E-state index in [2.05, 4.69) is 27.4 Å². The standard InChI is InChI=1S/C12H11N3OS.HI/c1-9-6-15(7-13-9)11-4-3-10(14-8-17)5-12(11)16-2;/h3-7H,1-2H3;1H. The smallest absolute Gasteiger partial charge is 0.145 e. The predicted molar refractivity (Wildman–Crippen MR) is 85.0 cm³/mol. The summed E-state index contributed by atoms with van der Waals surface area (Å²) in [5.41, 5.74) is 2.59. The van der Waals surface area contributed by atoms with Crippen molar-refractivity contribution in [3.63, 3.8) is 0 Å². The molecule has 0 bridgehead atoms. The van der Waals surface area contributed by atoms with Crippen LogP contribution in [-0.2, 0) is 0 Å². The summed E-state index contributed by atoms with van der Waals surface area (Å²) in [6.07, 6.45) is 3.68. The van der Waals surface area contributed by atoms with Gasteiger partial charge in [0, 0.05) is 12.3 Å². The summed E-state index contributed by atoms with van der Waals surface area (Å²) in [5, 5.41) is 2.33. The maximum absolute atomic E-state index is 5.33. The highest BCUT2D eigenvalue weighted by atomic mass is 127. The van der Waals surface area contributed by atoms with Crippen LogP contribution in [0.5, 0.6) is 5.75 Å². The maximum Gasteiger partial charge on any atom is 0.145 e. The second kappa shape index (κ2) is 6.63. The molecule has 18 heavy (non-hydrogen) atoms. The Kier molecular flexibility index (Phi) is 5.46. The van der Waals surface area contributed by atoms with Crippen LogP contribution in [0.15, 0.2) is 35.7 Å². The van der Waals surface area contributed by atoms with E-state index in [1.165, 1.54) is 0 Å². The minimum atomic E-state index is 0. The maximum atomic E-state index is 5.33. The number of hydrogen-bond donors (Lipinski definition) is 0. The molecule has 0 saturated heterocycles. The molecular formula is C12H12IN3OS. The Morgan fingerprint density at radius 3 is 2.78 bits per heavy atom. The lowest BCUT2D eigenvalue weighted by Crippen LogP contribution is -1.94. The van der Waals surface area contributed by atoms with Crippen LogP contribution in [0.3, 0.4) is 0 Å². The molecule has 0 atom stereocenters. The Labute approximate surface area is 128 Å². The van der Waals surface area contributed by atoms with Gasteiger partial charge in [0.25, 0.3) is 0 Å². The van der Waals surface area contributed by atoms with Gasteiger partial charge in [-0.25, -0.2) is 4.98 Å². The number of ether oxygens (including phenoxy) is 1. The largest absolute Gasteiger partial charge is 0.494 e. The van der Waals surface area contributed by atoms with Crippen LogP contribution in [0.2, 0.25) is 0 Å². The third kappa shape index (κ3) is 3.16. The minimum absolute atomic E-state index is 0. The first kappa shape index (κ1) is 14.8. The van der Waals surface area contributed by atoms with E-state index in [1.807, 2.05) is 35.9 Å². The number of nitrogens with zero attached hydrogens (tertiary/aromatic N) is 3. The first-order valence-corrected chi connectivity index (χ1v) is 5.42. The number of methoxy groups -OCH3 is 1. The Balaban J connectivity index is 0.00000162. The second-order valence-electron chi connectivity index (χ2n) is 3.48. The molecule has 1 aromatic carbocycles. The molecule has 0 N–H and O–H groups in total. The lowest BCUT2D eigenvalue weighted by atomic mass is 10.2. The SMILES string of the molecule is COc1cc(N=C=S)ccc1-n1cnc(C)c1.I. The minimum Gasteiger partial charge on any atom is -0.494 e. The number of aryl methyl sites for hydroxylation is 1. The predicted octanol–water partition coefficient (Wildman–Crippen LogP) is 3.54. The normalized spacial score (nSPS) is 9.22. The van der Waals surface area contributed by atoms with Gasteiger partial charge in [0.15, 0.2) is 0 Å². The molecule has 1 aromatic heterocycles. The first-order chi connectivity index (χ1) is 8.24. The zero-order chi connectivity index (χ0) is 12.3. The summed E-state index contributed by atoms with van der Waals surface area (Å²) in [6, 6.07) is 5.57. The van der Waals surface area contributed by atoms with Crippen LogP contribution < -0.4 is 4.74 Å². The summed E-state index contributed by atoms with van der Waals surface area (Å²) >= 11 is 4.57. The number of rotatable bonds is 3. The molecule has 0 saturated carbocycles. The lowest BCUT2D eigenvalue weighted by Gasteiger charge is -2.09. The molecule has 0 amide bonds. The number of aromatic nitrogens is 2. The van der Waals surface area contributed by atoms with Crippen molar-refractivity contribution in [2.45, 2.75) is 6.92 Å². The van der Waals surface area contributed by atoms with E-state index in [0.29, 0.717) is 5.75 Å². The van der Waals surface area contributed by atoms with Crippen LogP contribution in [0.1, 0.15) is 5.69 Å². The molecule has 94 valence electrons. The molecule has 0 aliphatic rings. The Bertz CT molecular complexity index is 591. The number of benzene rings is 1. The first-order valence-electron chi connectivity index (χ1n) is 5.01. The van der Waals surface area contributed by atoms with Gasteiger partial charge < -0.3 is 9.30 Å². The summed E-state index contributed by atoms with van der Waals surface area (Å²) in [5.74, 6) is 0.717. The molecule has 0 unspecified atom stereocenters. The van der Waals surface area contributed by atoms with Crippen molar-refractivity contribution < 1.29 is 4.74 Å². The van der Waals surface area contributed by atoms with E-state index in [0.717, 1.165) is 17.1 Å². The van der Waals surface area contributed by atoms with Crippen molar-refractivity contribution >= 4 is 47.0 Å². The van der Waals surface area contributed by atoms with Gasteiger partial charge >= 0.3 is 0 Å². The quantitative estimate of drug-likeness (QED) is 0.469. The van der Waals surface area contributed by atoms with Gasteiger partial charge in [0.05, 0.1) is 35.7 Å². The lowest BCUT2D eigenvalue weighted by molar-refractivity contribution is 0.413. The third-order valence-electron chi connectivity index (χ3n) is 2.33. The molecule has 0 spiro atoms. The van der Waals surface area contributed by atoms with Crippen LogP contribution >= 0.6 is 36.2 Å². The molecule has 0 aliphatic heterocycles. The zero-order valence-corrected chi connectivity index (χ0v) is 13.1. The van der Waals surface area contributed by atoms with Crippen molar-refractivity contribution in [3.05, 3.63) is 36.4 Å². The topological polar surface area (TPSA) is 39.4 Å². The van der Waals surface area contributed by atoms with Crippen molar-refractivity contribution in [3.8, 4) is 11.4 Å². The highest BCUT2D eigenvalue weighted by molar-refractivity contribution is 14.0. The van der Waals surface area contributed by atoms with E-state index >= 15 is 0 Å². The fourth-order valence-corrected chi connectivity index (χ4v) is 1.66. The van der Waals surface area contributed by atoms with Gasteiger partial charge in [-0.05, 0) is 31.3 Å². The number of halogens is 1. The van der Waals surface area contributed by atoms with Crippen LogP contribution in [0, 0.1) is 6.92 Å². The fraction of sp³-hybridized carbons (Fsp3) is 0.167. The molecule has 0 aliphatic carbocycles. The molecule has 4 nitrogen and oxygen atoms in total. The Morgan fingerprint density at radius 1 is 1.44 bits per heavy atom. The molecule has 6 heteroatoms. The van der Waals surface area contributed by atoms with Crippen LogP contribution in [0.4, 0.5) is 5.69 Å². The second-order valence-corrected chi connectivity index (χ2v) is 3.66. The van der Waals surface area contributed by atoms with Gasteiger partial charge in [-0.15, -0.1) is 24.0 Å². The van der Waals surface area contributed by atoms with Crippen LogP contribution in [0.25, 0.3) is 5.69 Å². The number of aliphatic imine (C=N–C) groups is 1. The number of hydrogen-bond acceptors (Lipinski definition) is 4. The third-order valence-corrected chi connectivity index (χ3v) is 2.42. The monoisotopic (exact) mass is 373 g/mol. The average molecular weight is 373 g/mol. The highest BCUT2D eigenvalue weighted by Gasteiger charge is 2.06. The van der Waals surface area contributed by atoms with E-state index in [9.17, 15) is 0 Å². The van der Waals surface area contributed by atoms with E-state index in [1.54, 1.807) is 13.4 Å². The summed E-state index contributed by atoms with van der Waals surface area (Å²) < 4.78 is 7.23.